The topological polar surface area (TPSA) is 76.4 Å². The van der Waals surface area contributed by atoms with E-state index in [2.05, 4.69) is 31.9 Å². The number of para-hydroxylation sites is 1. The van der Waals surface area contributed by atoms with Crippen LogP contribution in [-0.4, -0.2) is 33.4 Å². The summed E-state index contributed by atoms with van der Waals surface area (Å²) in [5.74, 6) is 2.15. The van der Waals surface area contributed by atoms with Crippen LogP contribution < -0.4 is 15.4 Å². The Labute approximate surface area is 180 Å². The van der Waals surface area contributed by atoms with E-state index in [1.165, 1.54) is 10.9 Å². The molecular weight excluding hydrogens is 403 g/mol. The Hall–Kier alpha value is -2.94. The van der Waals surface area contributed by atoms with Gasteiger partial charge in [-0.3, -0.25) is 0 Å². The zero-order valence-corrected chi connectivity index (χ0v) is 18.2. The third kappa shape index (κ3) is 6.03. The van der Waals surface area contributed by atoms with Crippen LogP contribution in [0.15, 0.2) is 46.8 Å². The molecule has 0 saturated heterocycles. The molecule has 0 aliphatic carbocycles. The molecule has 2 N–H and O–H groups in total. The first kappa shape index (κ1) is 21.8. The van der Waals surface area contributed by atoms with Gasteiger partial charge in [0, 0.05) is 11.9 Å². The monoisotopic (exact) mass is 430 g/mol. The molecule has 0 bridgehead atoms. The Kier molecular flexibility index (Phi) is 7.78. The number of guanidine groups is 1. The van der Waals surface area contributed by atoms with Gasteiger partial charge in [0.2, 0.25) is 0 Å². The lowest BCUT2D eigenvalue weighted by atomic mass is 10.2. The van der Waals surface area contributed by atoms with Gasteiger partial charge in [0.25, 0.3) is 0 Å². The Bertz CT molecular complexity index is 956. The van der Waals surface area contributed by atoms with E-state index in [1.807, 2.05) is 36.9 Å². The van der Waals surface area contributed by atoms with Crippen LogP contribution in [0.2, 0.25) is 0 Å². The van der Waals surface area contributed by atoms with Gasteiger partial charge in [-0.15, -0.1) is 21.5 Å². The summed E-state index contributed by atoms with van der Waals surface area (Å²) in [6.45, 7) is 5.44. The smallest absolute Gasteiger partial charge is 0.192 e. The van der Waals surface area contributed by atoms with Crippen molar-refractivity contribution in [1.29, 1.82) is 0 Å². The highest BCUT2D eigenvalue weighted by Crippen LogP contribution is 2.17. The van der Waals surface area contributed by atoms with Crippen molar-refractivity contribution in [2.24, 2.45) is 12.0 Å². The molecule has 0 aliphatic heterocycles. The Morgan fingerprint density at radius 2 is 2.07 bits per heavy atom. The lowest BCUT2D eigenvalue weighted by Gasteiger charge is -2.20. The van der Waals surface area contributed by atoms with Crippen molar-refractivity contribution >= 4 is 17.3 Å². The summed E-state index contributed by atoms with van der Waals surface area (Å²) >= 11 is 1.68. The third-order valence-corrected chi connectivity index (χ3v) is 5.53. The second-order valence-corrected chi connectivity index (χ2v) is 7.81. The van der Waals surface area contributed by atoms with Crippen molar-refractivity contribution in [2.45, 2.75) is 39.5 Å². The molecule has 0 amide bonds. The van der Waals surface area contributed by atoms with Crippen LogP contribution >= 0.6 is 11.3 Å². The molecule has 0 radical (unpaired) electrons. The first-order chi connectivity index (χ1) is 14.6. The van der Waals surface area contributed by atoms with Crippen molar-refractivity contribution in [3.8, 4) is 5.75 Å². The van der Waals surface area contributed by atoms with E-state index >= 15 is 0 Å². The van der Waals surface area contributed by atoms with Gasteiger partial charge < -0.3 is 19.9 Å². The number of aryl methyl sites for hydroxylation is 1. The zero-order valence-electron chi connectivity index (χ0n) is 17.4. The van der Waals surface area contributed by atoms with Gasteiger partial charge in [-0.1, -0.05) is 25.1 Å². The summed E-state index contributed by atoms with van der Waals surface area (Å²) in [6, 6.07) is 10.5. The molecule has 3 aromatic rings. The number of rotatable bonds is 9. The predicted octanol–water partition coefficient (Wildman–Crippen LogP) is 3.42. The van der Waals surface area contributed by atoms with Gasteiger partial charge in [0.15, 0.2) is 23.4 Å². The Morgan fingerprint density at radius 3 is 2.73 bits per heavy atom. The molecule has 0 saturated carbocycles. The molecular formula is C21H27FN6OS. The number of benzene rings is 1. The van der Waals surface area contributed by atoms with Crippen LogP contribution in [0.3, 0.4) is 0 Å². The van der Waals surface area contributed by atoms with Crippen LogP contribution in [0.4, 0.5) is 4.39 Å². The highest BCUT2D eigenvalue weighted by molar-refractivity contribution is 7.09. The first-order valence-corrected chi connectivity index (χ1v) is 10.8. The lowest BCUT2D eigenvalue weighted by molar-refractivity contribution is 0.191. The van der Waals surface area contributed by atoms with Gasteiger partial charge in [-0.25, -0.2) is 9.38 Å². The second-order valence-electron chi connectivity index (χ2n) is 6.78. The lowest BCUT2D eigenvalue weighted by Crippen LogP contribution is -2.42. The van der Waals surface area contributed by atoms with Crippen molar-refractivity contribution < 1.29 is 9.13 Å². The van der Waals surface area contributed by atoms with Gasteiger partial charge in [-0.2, -0.15) is 0 Å². The third-order valence-electron chi connectivity index (χ3n) is 4.65. The van der Waals surface area contributed by atoms with Crippen LogP contribution in [0, 0.1) is 12.7 Å². The van der Waals surface area contributed by atoms with Crippen LogP contribution in [-0.2, 0) is 20.1 Å². The van der Waals surface area contributed by atoms with Crippen molar-refractivity contribution in [1.82, 2.24) is 25.4 Å². The van der Waals surface area contributed by atoms with Gasteiger partial charge in [0.1, 0.15) is 18.5 Å². The SMILES string of the molecule is CCC(CNC(=NCc1nnc(C)n1C)NCc1cccs1)Oc1ccccc1F. The summed E-state index contributed by atoms with van der Waals surface area (Å²) < 4.78 is 21.7. The molecule has 0 fully saturated rings. The highest BCUT2D eigenvalue weighted by Gasteiger charge is 2.13. The molecule has 3 rings (SSSR count). The molecule has 2 aromatic heterocycles. The second kappa shape index (κ2) is 10.7. The molecule has 9 heteroatoms. The summed E-state index contributed by atoms with van der Waals surface area (Å²) in [5, 5.41) is 16.9. The number of halogens is 1. The average molecular weight is 431 g/mol. The standard InChI is InChI=1S/C21H27FN6OS/c1-4-16(29-19-10-6-5-9-18(19)22)12-23-21(24-13-17-8-7-11-30-17)25-14-20-27-26-15(2)28(20)3/h5-11,16H,4,12-14H2,1-3H3,(H2,23,24,25). The first-order valence-electron chi connectivity index (χ1n) is 9.87. The maximum Gasteiger partial charge on any atom is 0.192 e. The molecule has 30 heavy (non-hydrogen) atoms. The number of hydrogen-bond donors (Lipinski definition) is 2. The fourth-order valence-corrected chi connectivity index (χ4v) is 3.34. The fraction of sp³-hybridized carbons (Fsp3) is 0.381. The van der Waals surface area contributed by atoms with E-state index in [-0.39, 0.29) is 17.7 Å². The largest absolute Gasteiger partial charge is 0.486 e. The molecule has 7 nitrogen and oxygen atoms in total. The number of nitrogens with zero attached hydrogens (tertiary/aromatic N) is 4. The molecule has 1 unspecified atom stereocenters. The van der Waals surface area contributed by atoms with Crippen LogP contribution in [0.25, 0.3) is 0 Å². The summed E-state index contributed by atoms with van der Waals surface area (Å²) in [7, 11) is 1.92. The normalized spacial score (nSPS) is 12.6. The number of ether oxygens (including phenoxy) is 1. The van der Waals surface area contributed by atoms with Gasteiger partial charge in [-0.05, 0) is 36.9 Å². The summed E-state index contributed by atoms with van der Waals surface area (Å²) in [5.41, 5.74) is 0. The quantitative estimate of drug-likeness (QED) is 0.402. The van der Waals surface area contributed by atoms with E-state index in [9.17, 15) is 4.39 Å². The number of nitrogens with one attached hydrogen (secondary N) is 2. The van der Waals surface area contributed by atoms with Crippen molar-refractivity contribution in [3.63, 3.8) is 0 Å². The molecule has 0 aliphatic rings. The molecule has 1 aromatic carbocycles. The number of hydrogen-bond acceptors (Lipinski definition) is 5. The zero-order chi connectivity index (χ0) is 21.3. The Morgan fingerprint density at radius 1 is 1.23 bits per heavy atom. The van der Waals surface area contributed by atoms with E-state index in [1.54, 1.807) is 29.5 Å². The van der Waals surface area contributed by atoms with E-state index in [0.717, 1.165) is 18.1 Å². The van der Waals surface area contributed by atoms with Gasteiger partial charge >= 0.3 is 0 Å². The van der Waals surface area contributed by atoms with Crippen LogP contribution in [0.1, 0.15) is 29.9 Å². The maximum atomic E-state index is 13.9. The van der Waals surface area contributed by atoms with E-state index in [4.69, 9.17) is 4.74 Å². The minimum Gasteiger partial charge on any atom is -0.486 e. The number of aliphatic imine (C=N–C) groups is 1. The molecule has 0 spiro atoms. The van der Waals surface area contributed by atoms with Crippen molar-refractivity contribution in [2.75, 3.05) is 6.54 Å². The highest BCUT2D eigenvalue weighted by atomic mass is 32.1. The summed E-state index contributed by atoms with van der Waals surface area (Å²) in [6.07, 6.45) is 0.523. The number of aromatic nitrogens is 3. The molecule has 2 heterocycles. The minimum absolute atomic E-state index is 0.201. The summed E-state index contributed by atoms with van der Waals surface area (Å²) in [4.78, 5) is 5.85. The van der Waals surface area contributed by atoms with Crippen LogP contribution in [0.5, 0.6) is 5.75 Å². The average Bonchev–Trinajstić information content (AvgIpc) is 3.38. The maximum absolute atomic E-state index is 13.9. The number of thiophene rings is 1. The molecule has 1 atom stereocenters. The predicted molar refractivity (Wildman–Crippen MR) is 117 cm³/mol. The van der Waals surface area contributed by atoms with Gasteiger partial charge in [0.05, 0.1) is 13.1 Å². The minimum atomic E-state index is -0.363. The Balaban J connectivity index is 1.64. The molecule has 160 valence electrons. The van der Waals surface area contributed by atoms with E-state index < -0.39 is 0 Å². The fourth-order valence-electron chi connectivity index (χ4n) is 2.70. The van der Waals surface area contributed by atoms with E-state index in [0.29, 0.717) is 25.6 Å². The van der Waals surface area contributed by atoms with Crippen molar-refractivity contribution in [3.05, 3.63) is 64.1 Å².